The van der Waals surface area contributed by atoms with Crippen LogP contribution in [0.15, 0.2) is 54.6 Å². The third kappa shape index (κ3) is 6.62. The smallest absolute Gasteiger partial charge is 0.331 e. The van der Waals surface area contributed by atoms with Gasteiger partial charge in [-0.2, -0.15) is 0 Å². The zero-order valence-corrected chi connectivity index (χ0v) is 15.9. The minimum atomic E-state index is -0.573. The fraction of sp³-hybridized carbons (Fsp3) is 0.273. The zero-order valence-electron chi connectivity index (χ0n) is 15.9. The van der Waals surface area contributed by atoms with Gasteiger partial charge in [0.25, 0.3) is 5.91 Å². The summed E-state index contributed by atoms with van der Waals surface area (Å²) in [5.41, 5.74) is 2.61. The summed E-state index contributed by atoms with van der Waals surface area (Å²) in [6, 6.07) is 14.9. The summed E-state index contributed by atoms with van der Waals surface area (Å²) in [4.78, 5) is 23.8. The van der Waals surface area contributed by atoms with Gasteiger partial charge in [0, 0.05) is 11.8 Å². The monoisotopic (exact) mass is 367 g/mol. The van der Waals surface area contributed by atoms with E-state index in [0.29, 0.717) is 6.61 Å². The summed E-state index contributed by atoms with van der Waals surface area (Å²) in [6.07, 6.45) is 2.93. The summed E-state index contributed by atoms with van der Waals surface area (Å²) in [7, 11) is 0. The molecular weight excluding hydrogens is 342 g/mol. The molecule has 0 unspecified atom stereocenters. The number of hydrogen-bond acceptors (Lipinski definition) is 4. The number of esters is 1. The van der Waals surface area contributed by atoms with Gasteiger partial charge in [-0.15, -0.1) is 0 Å². The number of nitrogens with one attached hydrogen (secondary N) is 1. The normalized spacial score (nSPS) is 10.8. The molecule has 0 aliphatic carbocycles. The molecule has 5 nitrogen and oxygen atoms in total. The quantitative estimate of drug-likeness (QED) is 0.555. The molecule has 0 saturated carbocycles. The molecule has 0 aliphatic heterocycles. The molecule has 2 aromatic carbocycles. The first-order chi connectivity index (χ1) is 13.0. The van der Waals surface area contributed by atoms with Gasteiger partial charge in [0.1, 0.15) is 5.75 Å². The van der Waals surface area contributed by atoms with Crippen LogP contribution in [0, 0.1) is 0 Å². The number of rotatable bonds is 8. The fourth-order valence-corrected chi connectivity index (χ4v) is 2.49. The van der Waals surface area contributed by atoms with Gasteiger partial charge in [-0.3, -0.25) is 4.79 Å². The Labute approximate surface area is 160 Å². The summed E-state index contributed by atoms with van der Waals surface area (Å²) < 4.78 is 10.4. The second kappa shape index (κ2) is 10.2. The average Bonchev–Trinajstić information content (AvgIpc) is 2.66. The summed E-state index contributed by atoms with van der Waals surface area (Å²) >= 11 is 0. The van der Waals surface area contributed by atoms with Crippen LogP contribution in [0.2, 0.25) is 0 Å². The summed E-state index contributed by atoms with van der Waals surface area (Å²) in [5, 5.41) is 2.79. The highest BCUT2D eigenvalue weighted by Gasteiger charge is 2.10. The second-order valence-corrected chi connectivity index (χ2v) is 6.23. The molecule has 2 rings (SSSR count). The van der Waals surface area contributed by atoms with Crippen LogP contribution < -0.4 is 10.1 Å². The van der Waals surface area contributed by atoms with Crippen LogP contribution in [-0.4, -0.2) is 25.1 Å². The van der Waals surface area contributed by atoms with E-state index in [4.69, 9.17) is 9.47 Å². The predicted octanol–water partition coefficient (Wildman–Crippen LogP) is 4.40. The van der Waals surface area contributed by atoms with E-state index >= 15 is 0 Å². The molecule has 0 atom stereocenters. The van der Waals surface area contributed by atoms with Crippen LogP contribution in [-0.2, 0) is 14.3 Å². The maximum absolute atomic E-state index is 12.0. The van der Waals surface area contributed by atoms with Gasteiger partial charge in [-0.1, -0.05) is 44.2 Å². The van der Waals surface area contributed by atoms with Gasteiger partial charge >= 0.3 is 5.97 Å². The molecule has 0 heterocycles. The molecule has 0 radical (unpaired) electrons. The Bertz CT molecular complexity index is 794. The highest BCUT2D eigenvalue weighted by Crippen LogP contribution is 2.23. The van der Waals surface area contributed by atoms with Crippen LogP contribution in [0.1, 0.15) is 37.8 Å². The molecule has 5 heteroatoms. The van der Waals surface area contributed by atoms with Crippen molar-refractivity contribution in [3.8, 4) is 5.75 Å². The molecule has 1 N–H and O–H groups in total. The largest absolute Gasteiger partial charge is 0.494 e. The number of amides is 1. The molecule has 27 heavy (non-hydrogen) atoms. The van der Waals surface area contributed by atoms with E-state index in [1.165, 1.54) is 6.08 Å². The number of hydrogen-bond donors (Lipinski definition) is 1. The molecule has 0 fully saturated rings. The summed E-state index contributed by atoms with van der Waals surface area (Å²) in [5.74, 6) is 0.110. The van der Waals surface area contributed by atoms with Crippen LogP contribution >= 0.6 is 0 Å². The Balaban J connectivity index is 1.83. The van der Waals surface area contributed by atoms with Gasteiger partial charge < -0.3 is 14.8 Å². The zero-order chi connectivity index (χ0) is 19.6. The maximum Gasteiger partial charge on any atom is 0.331 e. The molecule has 0 saturated heterocycles. The number of carbonyl (C=O) groups excluding carboxylic acids is 2. The molecule has 142 valence electrons. The van der Waals surface area contributed by atoms with E-state index in [0.717, 1.165) is 22.6 Å². The number of para-hydroxylation sites is 1. The number of benzene rings is 2. The molecule has 0 aromatic heterocycles. The van der Waals surface area contributed by atoms with Gasteiger partial charge in [-0.25, -0.2) is 4.79 Å². The summed E-state index contributed by atoms with van der Waals surface area (Å²) in [6.45, 7) is 6.29. The standard InChI is InChI=1S/C22H25NO4/c1-4-26-18-12-9-17(10-13-18)11-14-22(25)27-15-21(24)23-20-8-6-5-7-19(20)16(2)3/h5-14,16H,4,15H2,1-3H3,(H,23,24)/b14-11+. The lowest BCUT2D eigenvalue weighted by Crippen LogP contribution is -2.21. The molecule has 2 aromatic rings. The number of anilines is 1. The first kappa shape index (κ1) is 20.2. The minimum absolute atomic E-state index is 0.279. The Morgan fingerprint density at radius 3 is 2.44 bits per heavy atom. The van der Waals surface area contributed by atoms with Crippen molar-refractivity contribution in [2.45, 2.75) is 26.7 Å². The highest BCUT2D eigenvalue weighted by molar-refractivity contribution is 5.95. The first-order valence-corrected chi connectivity index (χ1v) is 8.96. The Morgan fingerprint density at radius 1 is 1.07 bits per heavy atom. The lowest BCUT2D eigenvalue weighted by atomic mass is 10.0. The van der Waals surface area contributed by atoms with E-state index in [1.54, 1.807) is 6.08 Å². The minimum Gasteiger partial charge on any atom is -0.494 e. The van der Waals surface area contributed by atoms with Gasteiger partial charge in [-0.05, 0) is 48.2 Å². The molecule has 0 aliphatic rings. The molecule has 1 amide bonds. The van der Waals surface area contributed by atoms with Crippen molar-refractivity contribution in [3.63, 3.8) is 0 Å². The Hall–Kier alpha value is -3.08. The van der Waals surface area contributed by atoms with E-state index < -0.39 is 5.97 Å². The van der Waals surface area contributed by atoms with Crippen LogP contribution in [0.3, 0.4) is 0 Å². The van der Waals surface area contributed by atoms with Crippen LogP contribution in [0.5, 0.6) is 5.75 Å². The van der Waals surface area contributed by atoms with E-state index in [9.17, 15) is 9.59 Å². The number of ether oxygens (including phenoxy) is 2. The van der Waals surface area contributed by atoms with E-state index in [1.807, 2.05) is 55.5 Å². The highest BCUT2D eigenvalue weighted by atomic mass is 16.5. The van der Waals surface area contributed by atoms with Crippen molar-refractivity contribution < 1.29 is 19.1 Å². The predicted molar refractivity (Wildman–Crippen MR) is 107 cm³/mol. The third-order valence-electron chi connectivity index (χ3n) is 3.81. The third-order valence-corrected chi connectivity index (χ3v) is 3.81. The number of carbonyl (C=O) groups is 2. The van der Waals surface area contributed by atoms with Crippen molar-refractivity contribution in [2.75, 3.05) is 18.5 Å². The molecule has 0 spiro atoms. The lowest BCUT2D eigenvalue weighted by Gasteiger charge is -2.13. The second-order valence-electron chi connectivity index (χ2n) is 6.23. The van der Waals surface area contributed by atoms with Crippen LogP contribution in [0.25, 0.3) is 6.08 Å². The molecular formula is C22H25NO4. The van der Waals surface area contributed by atoms with Crippen molar-refractivity contribution in [1.29, 1.82) is 0 Å². The van der Waals surface area contributed by atoms with Crippen molar-refractivity contribution in [1.82, 2.24) is 0 Å². The maximum atomic E-state index is 12.0. The van der Waals surface area contributed by atoms with Crippen LogP contribution in [0.4, 0.5) is 5.69 Å². The van der Waals surface area contributed by atoms with Crippen molar-refractivity contribution >= 4 is 23.6 Å². The van der Waals surface area contributed by atoms with Gasteiger partial charge in [0.05, 0.1) is 6.61 Å². The van der Waals surface area contributed by atoms with Crippen molar-refractivity contribution in [2.24, 2.45) is 0 Å². The van der Waals surface area contributed by atoms with E-state index in [2.05, 4.69) is 19.2 Å². The Kier molecular flexibility index (Phi) is 7.62. The topological polar surface area (TPSA) is 64.6 Å². The SMILES string of the molecule is CCOc1ccc(/C=C/C(=O)OCC(=O)Nc2ccccc2C(C)C)cc1. The van der Waals surface area contributed by atoms with Crippen molar-refractivity contribution in [3.05, 3.63) is 65.7 Å². The Morgan fingerprint density at radius 2 is 1.78 bits per heavy atom. The van der Waals surface area contributed by atoms with Gasteiger partial charge in [0.15, 0.2) is 6.61 Å². The van der Waals surface area contributed by atoms with Gasteiger partial charge in [0.2, 0.25) is 0 Å². The fourth-order valence-electron chi connectivity index (χ4n) is 2.49. The first-order valence-electron chi connectivity index (χ1n) is 8.96. The van der Waals surface area contributed by atoms with E-state index in [-0.39, 0.29) is 18.4 Å². The lowest BCUT2D eigenvalue weighted by molar-refractivity contribution is -0.142. The molecule has 0 bridgehead atoms. The average molecular weight is 367 g/mol.